The van der Waals surface area contributed by atoms with E-state index < -0.39 is 11.9 Å². The Morgan fingerprint density at radius 3 is 1.61 bits per heavy atom. The van der Waals surface area contributed by atoms with E-state index in [1.54, 1.807) is 0 Å². The van der Waals surface area contributed by atoms with Gasteiger partial charge in [-0.05, 0) is 12.8 Å². The van der Waals surface area contributed by atoms with Gasteiger partial charge < -0.3 is 9.68 Å². The predicted octanol–water partition coefficient (Wildman–Crippen LogP) is 1.24. The highest BCUT2D eigenvalue weighted by atomic mass is 16.7. The molecule has 0 bridgehead atoms. The van der Waals surface area contributed by atoms with E-state index in [0.717, 1.165) is 37.8 Å². The molecule has 0 aromatic heterocycles. The summed E-state index contributed by atoms with van der Waals surface area (Å²) in [6, 6.07) is 0. The van der Waals surface area contributed by atoms with Gasteiger partial charge in [0, 0.05) is 25.2 Å². The molecule has 0 saturated carbocycles. The zero-order valence-corrected chi connectivity index (χ0v) is 11.0. The second kappa shape index (κ2) is 12.1. The smallest absolute Gasteiger partial charge is 0.349 e. The number of hydroxylamine groups is 2. The van der Waals surface area contributed by atoms with Gasteiger partial charge in [0.05, 0.1) is 0 Å². The molecule has 6 nitrogen and oxygen atoms in total. The average molecular weight is 258 g/mol. The SMILES string of the molecule is CCCCNOC(=O)/C=C/C(=O)ONCCCC. The molecule has 0 aliphatic carbocycles. The molecule has 0 aliphatic rings. The van der Waals surface area contributed by atoms with E-state index in [1.807, 2.05) is 13.8 Å². The van der Waals surface area contributed by atoms with Crippen LogP contribution in [-0.4, -0.2) is 25.0 Å². The van der Waals surface area contributed by atoms with E-state index >= 15 is 0 Å². The van der Waals surface area contributed by atoms with Crippen LogP contribution in [0.2, 0.25) is 0 Å². The highest BCUT2D eigenvalue weighted by Crippen LogP contribution is 1.86. The van der Waals surface area contributed by atoms with Crippen molar-refractivity contribution in [1.29, 1.82) is 0 Å². The summed E-state index contributed by atoms with van der Waals surface area (Å²) >= 11 is 0. The quantitative estimate of drug-likeness (QED) is 0.349. The topological polar surface area (TPSA) is 76.7 Å². The summed E-state index contributed by atoms with van der Waals surface area (Å²) in [4.78, 5) is 31.4. The fourth-order valence-corrected chi connectivity index (χ4v) is 0.946. The Morgan fingerprint density at radius 2 is 1.28 bits per heavy atom. The number of carbonyl (C=O) groups excluding carboxylic acids is 2. The molecule has 6 heteroatoms. The zero-order chi connectivity index (χ0) is 13.6. The Bertz CT molecular complexity index is 241. The first-order chi connectivity index (χ1) is 8.70. The van der Waals surface area contributed by atoms with E-state index in [9.17, 15) is 9.59 Å². The summed E-state index contributed by atoms with van der Waals surface area (Å²) in [6.07, 6.45) is 5.89. The standard InChI is InChI=1S/C12H22N2O4/c1-3-5-9-13-17-11(15)7-8-12(16)18-14-10-6-4-2/h7-8,13-14H,3-6,9-10H2,1-2H3/b8-7+. The van der Waals surface area contributed by atoms with Crippen molar-refractivity contribution in [1.82, 2.24) is 11.0 Å². The molecule has 0 unspecified atom stereocenters. The number of hydrogen-bond acceptors (Lipinski definition) is 6. The van der Waals surface area contributed by atoms with E-state index in [2.05, 4.69) is 20.6 Å². The van der Waals surface area contributed by atoms with Crippen LogP contribution < -0.4 is 11.0 Å². The minimum absolute atomic E-state index is 0.596. The van der Waals surface area contributed by atoms with Crippen LogP contribution in [0, 0.1) is 0 Å². The Labute approximate surface area is 108 Å². The van der Waals surface area contributed by atoms with E-state index in [-0.39, 0.29) is 0 Å². The third-order valence-corrected chi connectivity index (χ3v) is 1.97. The molecule has 18 heavy (non-hydrogen) atoms. The molecule has 2 N–H and O–H groups in total. The molecule has 0 atom stereocenters. The molecule has 0 aromatic rings. The number of nitrogens with one attached hydrogen (secondary N) is 2. The Balaban J connectivity index is 3.58. The highest BCUT2D eigenvalue weighted by molar-refractivity contribution is 5.91. The zero-order valence-electron chi connectivity index (χ0n) is 11.0. The van der Waals surface area contributed by atoms with Gasteiger partial charge in [-0.2, -0.15) is 11.0 Å². The van der Waals surface area contributed by atoms with Gasteiger partial charge in [0.2, 0.25) is 0 Å². The van der Waals surface area contributed by atoms with E-state index in [4.69, 9.17) is 0 Å². The normalized spacial score (nSPS) is 10.6. The summed E-state index contributed by atoms with van der Waals surface area (Å²) in [7, 11) is 0. The van der Waals surface area contributed by atoms with Crippen molar-refractivity contribution >= 4 is 11.9 Å². The molecular weight excluding hydrogens is 236 g/mol. The minimum atomic E-state index is -0.628. The molecule has 0 heterocycles. The molecule has 0 aromatic carbocycles. The lowest BCUT2D eigenvalue weighted by Gasteiger charge is -2.02. The van der Waals surface area contributed by atoms with Crippen LogP contribution in [-0.2, 0) is 19.3 Å². The maximum Gasteiger partial charge on any atom is 0.349 e. The molecule has 0 aliphatic heterocycles. The largest absolute Gasteiger partial charge is 0.367 e. The van der Waals surface area contributed by atoms with Crippen molar-refractivity contribution in [3.63, 3.8) is 0 Å². The first-order valence-electron chi connectivity index (χ1n) is 6.26. The van der Waals surface area contributed by atoms with E-state index in [0.29, 0.717) is 13.1 Å². The van der Waals surface area contributed by atoms with Gasteiger partial charge in [0.25, 0.3) is 0 Å². The Hall–Kier alpha value is -1.40. The molecule has 0 fully saturated rings. The Kier molecular flexibility index (Phi) is 11.1. The Morgan fingerprint density at radius 1 is 0.889 bits per heavy atom. The third kappa shape index (κ3) is 11.1. The summed E-state index contributed by atoms with van der Waals surface area (Å²) in [5.41, 5.74) is 5.00. The molecule has 104 valence electrons. The van der Waals surface area contributed by atoms with E-state index in [1.165, 1.54) is 0 Å². The second-order valence-corrected chi connectivity index (χ2v) is 3.67. The summed E-state index contributed by atoms with van der Waals surface area (Å²) in [6.45, 7) is 5.26. The summed E-state index contributed by atoms with van der Waals surface area (Å²) < 4.78 is 0. The maximum absolute atomic E-state index is 11.1. The van der Waals surface area contributed by atoms with Crippen LogP contribution in [0.25, 0.3) is 0 Å². The van der Waals surface area contributed by atoms with Gasteiger partial charge in [-0.1, -0.05) is 26.7 Å². The van der Waals surface area contributed by atoms with Gasteiger partial charge >= 0.3 is 11.9 Å². The van der Waals surface area contributed by atoms with Crippen molar-refractivity contribution in [3.05, 3.63) is 12.2 Å². The lowest BCUT2D eigenvalue weighted by atomic mass is 10.3. The lowest BCUT2D eigenvalue weighted by molar-refractivity contribution is -0.147. The molecule has 0 rings (SSSR count). The number of hydrogen-bond donors (Lipinski definition) is 2. The van der Waals surface area contributed by atoms with Crippen LogP contribution in [0.5, 0.6) is 0 Å². The first kappa shape index (κ1) is 16.6. The van der Waals surface area contributed by atoms with Crippen LogP contribution in [0.15, 0.2) is 12.2 Å². The maximum atomic E-state index is 11.1. The van der Waals surface area contributed by atoms with Crippen LogP contribution in [0.1, 0.15) is 39.5 Å². The first-order valence-corrected chi connectivity index (χ1v) is 6.26. The summed E-state index contributed by atoms with van der Waals surface area (Å²) in [5, 5.41) is 0. The van der Waals surface area contributed by atoms with Crippen molar-refractivity contribution in [2.75, 3.05) is 13.1 Å². The molecule has 0 saturated heterocycles. The lowest BCUT2D eigenvalue weighted by Crippen LogP contribution is -2.21. The van der Waals surface area contributed by atoms with Crippen molar-refractivity contribution in [2.24, 2.45) is 0 Å². The van der Waals surface area contributed by atoms with Crippen LogP contribution in [0.4, 0.5) is 0 Å². The van der Waals surface area contributed by atoms with Crippen molar-refractivity contribution in [3.8, 4) is 0 Å². The van der Waals surface area contributed by atoms with Gasteiger partial charge in [0.1, 0.15) is 0 Å². The number of rotatable bonds is 10. The monoisotopic (exact) mass is 258 g/mol. The third-order valence-electron chi connectivity index (χ3n) is 1.97. The average Bonchev–Trinajstić information content (AvgIpc) is 2.37. The van der Waals surface area contributed by atoms with Gasteiger partial charge in [-0.15, -0.1) is 0 Å². The van der Waals surface area contributed by atoms with Gasteiger partial charge in [-0.25, -0.2) is 9.59 Å². The van der Waals surface area contributed by atoms with Gasteiger partial charge in [-0.3, -0.25) is 0 Å². The number of unbranched alkanes of at least 4 members (excludes halogenated alkanes) is 2. The summed E-state index contributed by atoms with van der Waals surface area (Å²) in [5.74, 6) is -1.26. The highest BCUT2D eigenvalue weighted by Gasteiger charge is 2.00. The molecule has 0 amide bonds. The molecule has 0 radical (unpaired) electrons. The predicted molar refractivity (Wildman–Crippen MR) is 67.1 cm³/mol. The van der Waals surface area contributed by atoms with Crippen LogP contribution >= 0.6 is 0 Å². The van der Waals surface area contributed by atoms with Crippen molar-refractivity contribution < 1.29 is 19.3 Å². The van der Waals surface area contributed by atoms with Crippen LogP contribution in [0.3, 0.4) is 0 Å². The molecule has 0 spiro atoms. The fourth-order valence-electron chi connectivity index (χ4n) is 0.946. The minimum Gasteiger partial charge on any atom is -0.367 e. The second-order valence-electron chi connectivity index (χ2n) is 3.67. The fraction of sp³-hybridized carbons (Fsp3) is 0.667. The van der Waals surface area contributed by atoms with Crippen molar-refractivity contribution in [2.45, 2.75) is 39.5 Å². The number of carbonyl (C=O) groups is 2. The molecular formula is C12H22N2O4. The van der Waals surface area contributed by atoms with Gasteiger partial charge in [0.15, 0.2) is 0 Å².